The van der Waals surface area contributed by atoms with E-state index in [1.54, 1.807) is 44.2 Å². The second kappa shape index (κ2) is 12.4. The summed E-state index contributed by atoms with van der Waals surface area (Å²) >= 11 is 6.17. The van der Waals surface area contributed by atoms with Crippen LogP contribution in [-0.2, 0) is 26.2 Å². The summed E-state index contributed by atoms with van der Waals surface area (Å²) in [7, 11) is -4.15. The number of aryl methyl sites for hydroxylation is 3. The Morgan fingerprint density at radius 3 is 2.12 bits per heavy atom. The second-order valence-corrected chi connectivity index (χ2v) is 13.4. The number of carbonyl (C=O) groups excluding carboxylic acids is 2. The fourth-order valence-electron chi connectivity index (χ4n) is 4.28. The number of benzene rings is 3. The van der Waals surface area contributed by atoms with E-state index in [0.29, 0.717) is 16.3 Å². The lowest BCUT2D eigenvalue weighted by Gasteiger charge is -2.34. The van der Waals surface area contributed by atoms with Crippen LogP contribution in [0.1, 0.15) is 49.9 Å². The first kappa shape index (κ1) is 31.2. The van der Waals surface area contributed by atoms with Gasteiger partial charge in [-0.2, -0.15) is 0 Å². The Hall–Kier alpha value is -3.36. The highest BCUT2D eigenvalue weighted by Gasteiger charge is 2.34. The minimum atomic E-state index is -4.15. The highest BCUT2D eigenvalue weighted by atomic mass is 35.5. The Morgan fingerprint density at radius 1 is 0.925 bits per heavy atom. The lowest BCUT2D eigenvalue weighted by molar-refractivity contribution is -0.140. The summed E-state index contributed by atoms with van der Waals surface area (Å²) < 4.78 is 29.1. The highest BCUT2D eigenvalue weighted by molar-refractivity contribution is 7.92. The largest absolute Gasteiger partial charge is 0.350 e. The summed E-state index contributed by atoms with van der Waals surface area (Å²) in [5.41, 5.74) is 3.15. The molecule has 2 amide bonds. The molecule has 7 nitrogen and oxygen atoms in total. The van der Waals surface area contributed by atoms with Crippen LogP contribution in [0.5, 0.6) is 0 Å². The van der Waals surface area contributed by atoms with Gasteiger partial charge in [0, 0.05) is 17.1 Å². The number of rotatable bonds is 9. The van der Waals surface area contributed by atoms with Gasteiger partial charge in [0.1, 0.15) is 12.6 Å². The van der Waals surface area contributed by atoms with Crippen LogP contribution in [0.25, 0.3) is 0 Å². The Balaban J connectivity index is 2.08. The first-order chi connectivity index (χ1) is 18.6. The van der Waals surface area contributed by atoms with Crippen LogP contribution in [0.2, 0.25) is 5.02 Å². The second-order valence-electron chi connectivity index (χ2n) is 11.1. The molecule has 0 aromatic heterocycles. The van der Waals surface area contributed by atoms with Crippen LogP contribution >= 0.6 is 11.6 Å². The van der Waals surface area contributed by atoms with E-state index in [1.807, 2.05) is 58.9 Å². The number of amides is 2. The molecule has 9 heteroatoms. The first-order valence-electron chi connectivity index (χ1n) is 13.1. The zero-order valence-electron chi connectivity index (χ0n) is 24.2. The van der Waals surface area contributed by atoms with E-state index in [9.17, 15) is 18.0 Å². The Bertz CT molecular complexity index is 1480. The van der Waals surface area contributed by atoms with Crippen molar-refractivity contribution in [3.63, 3.8) is 0 Å². The van der Waals surface area contributed by atoms with Gasteiger partial charge in [-0.25, -0.2) is 8.42 Å². The molecule has 0 aliphatic carbocycles. The number of nitrogens with zero attached hydrogens (tertiary/aromatic N) is 2. The molecule has 1 atom stereocenters. The number of hydrogen-bond acceptors (Lipinski definition) is 4. The van der Waals surface area contributed by atoms with Crippen LogP contribution < -0.4 is 9.62 Å². The summed E-state index contributed by atoms with van der Waals surface area (Å²) in [5, 5.41) is 3.39. The topological polar surface area (TPSA) is 86.8 Å². The fraction of sp³-hybridized carbons (Fsp3) is 0.355. The maximum atomic E-state index is 14.1. The van der Waals surface area contributed by atoms with Crippen molar-refractivity contribution >= 4 is 39.1 Å². The van der Waals surface area contributed by atoms with Gasteiger partial charge in [-0.05, 0) is 95.5 Å². The molecule has 0 radical (unpaired) electrons. The van der Waals surface area contributed by atoms with Crippen molar-refractivity contribution in [1.29, 1.82) is 0 Å². The lowest BCUT2D eigenvalue weighted by Crippen LogP contribution is -2.54. The summed E-state index contributed by atoms with van der Waals surface area (Å²) in [6.07, 6.45) is 0. The van der Waals surface area contributed by atoms with Crippen molar-refractivity contribution < 1.29 is 18.0 Å². The van der Waals surface area contributed by atoms with E-state index >= 15 is 0 Å². The monoisotopic (exact) mass is 583 g/mol. The van der Waals surface area contributed by atoms with E-state index in [4.69, 9.17) is 11.6 Å². The third-order valence-corrected chi connectivity index (χ3v) is 8.59. The summed E-state index contributed by atoms with van der Waals surface area (Å²) in [5.74, 6) is -0.838. The van der Waals surface area contributed by atoms with Gasteiger partial charge in [0.05, 0.1) is 10.6 Å². The van der Waals surface area contributed by atoms with E-state index in [-0.39, 0.29) is 17.3 Å². The quantitative estimate of drug-likeness (QED) is 0.345. The molecule has 3 aromatic rings. The number of sulfonamides is 1. The summed E-state index contributed by atoms with van der Waals surface area (Å²) in [6.45, 7) is 12.4. The van der Waals surface area contributed by atoms with Crippen molar-refractivity contribution in [2.24, 2.45) is 0 Å². The normalized spacial score (nSPS) is 12.5. The molecule has 0 saturated carbocycles. The molecule has 3 rings (SSSR count). The maximum absolute atomic E-state index is 14.1. The zero-order valence-corrected chi connectivity index (χ0v) is 25.7. The average molecular weight is 584 g/mol. The van der Waals surface area contributed by atoms with Crippen LogP contribution in [-0.4, -0.2) is 43.3 Å². The van der Waals surface area contributed by atoms with Crippen LogP contribution in [0.15, 0.2) is 71.6 Å². The van der Waals surface area contributed by atoms with E-state index in [0.717, 1.165) is 21.0 Å². The fourth-order valence-corrected chi connectivity index (χ4v) is 5.98. The number of carbonyl (C=O) groups is 2. The van der Waals surface area contributed by atoms with Gasteiger partial charge in [0.2, 0.25) is 11.8 Å². The molecule has 0 fully saturated rings. The predicted octanol–water partition coefficient (Wildman–Crippen LogP) is 5.79. The van der Waals surface area contributed by atoms with Crippen molar-refractivity contribution in [2.45, 2.75) is 71.5 Å². The molecule has 0 aliphatic heterocycles. The standard InChI is InChI=1S/C31H38ClN3O4S/c1-21-12-15-27(16-13-21)40(38,39)35(28-17-14-26(32)18-23(28)3)20-29(36)34(19-25-11-9-8-10-22(25)2)24(4)30(37)33-31(5,6)7/h8-18,24H,19-20H2,1-7H3,(H,33,37)/t24-/m0/s1. The molecule has 0 unspecified atom stereocenters. The van der Waals surface area contributed by atoms with Crippen molar-refractivity contribution in [3.05, 3.63) is 94.0 Å². The summed E-state index contributed by atoms with van der Waals surface area (Å²) in [6, 6.07) is 18.1. The maximum Gasteiger partial charge on any atom is 0.264 e. The molecule has 0 bridgehead atoms. The molecule has 214 valence electrons. The van der Waals surface area contributed by atoms with Gasteiger partial charge >= 0.3 is 0 Å². The Morgan fingerprint density at radius 2 is 1.55 bits per heavy atom. The van der Waals surface area contributed by atoms with Crippen LogP contribution in [0.3, 0.4) is 0 Å². The first-order valence-corrected chi connectivity index (χ1v) is 14.9. The highest BCUT2D eigenvalue weighted by Crippen LogP contribution is 2.29. The van der Waals surface area contributed by atoms with Gasteiger partial charge in [-0.3, -0.25) is 13.9 Å². The third-order valence-electron chi connectivity index (χ3n) is 6.58. The molecule has 0 saturated heterocycles. The van der Waals surface area contributed by atoms with Crippen molar-refractivity contribution in [1.82, 2.24) is 10.2 Å². The SMILES string of the molecule is Cc1ccc(S(=O)(=O)N(CC(=O)N(Cc2ccccc2C)[C@@H](C)C(=O)NC(C)(C)C)c2ccc(Cl)cc2C)cc1. The van der Waals surface area contributed by atoms with E-state index in [1.165, 1.54) is 17.0 Å². The van der Waals surface area contributed by atoms with E-state index in [2.05, 4.69) is 5.32 Å². The van der Waals surface area contributed by atoms with Gasteiger partial charge in [0.25, 0.3) is 10.0 Å². The minimum absolute atomic E-state index is 0.0595. The molecular weight excluding hydrogens is 546 g/mol. The predicted molar refractivity (Wildman–Crippen MR) is 161 cm³/mol. The van der Waals surface area contributed by atoms with Crippen LogP contribution in [0.4, 0.5) is 5.69 Å². The molecule has 0 spiro atoms. The molecule has 0 heterocycles. The minimum Gasteiger partial charge on any atom is -0.350 e. The van der Waals surface area contributed by atoms with Gasteiger partial charge in [-0.1, -0.05) is 53.6 Å². The van der Waals surface area contributed by atoms with Crippen molar-refractivity contribution in [2.75, 3.05) is 10.8 Å². The van der Waals surface area contributed by atoms with Gasteiger partial charge in [0.15, 0.2) is 0 Å². The zero-order chi connectivity index (χ0) is 29.8. The molecule has 3 aromatic carbocycles. The number of halogens is 1. The molecular formula is C31H38ClN3O4S. The van der Waals surface area contributed by atoms with E-state index < -0.39 is 34.1 Å². The smallest absolute Gasteiger partial charge is 0.264 e. The third kappa shape index (κ3) is 7.64. The summed E-state index contributed by atoms with van der Waals surface area (Å²) in [4.78, 5) is 28.8. The number of hydrogen-bond donors (Lipinski definition) is 1. The van der Waals surface area contributed by atoms with Crippen molar-refractivity contribution in [3.8, 4) is 0 Å². The number of anilines is 1. The molecule has 1 N–H and O–H groups in total. The average Bonchev–Trinajstić information content (AvgIpc) is 2.86. The molecule has 0 aliphatic rings. The number of nitrogens with one attached hydrogen (secondary N) is 1. The lowest BCUT2D eigenvalue weighted by atomic mass is 10.1. The van der Waals surface area contributed by atoms with Gasteiger partial charge in [-0.15, -0.1) is 0 Å². The molecule has 40 heavy (non-hydrogen) atoms. The van der Waals surface area contributed by atoms with Crippen LogP contribution in [0, 0.1) is 20.8 Å². The Labute approximate surface area is 243 Å². The Kier molecular flexibility index (Phi) is 9.69. The van der Waals surface area contributed by atoms with Gasteiger partial charge < -0.3 is 10.2 Å².